The molecule has 3 aromatic rings. The summed E-state index contributed by atoms with van der Waals surface area (Å²) in [6, 6.07) is 10.2. The molecule has 0 saturated carbocycles. The van der Waals surface area contributed by atoms with Gasteiger partial charge in [0.25, 0.3) is 5.91 Å². The number of fused-ring (bicyclic) bond motifs is 1. The minimum absolute atomic E-state index is 0.0657. The molecule has 2 amide bonds. The van der Waals surface area contributed by atoms with Gasteiger partial charge in [-0.25, -0.2) is 9.97 Å². The molecule has 0 atom stereocenters. The first-order valence-electron chi connectivity index (χ1n) is 11.9. The van der Waals surface area contributed by atoms with Crippen molar-refractivity contribution in [1.82, 2.24) is 24.8 Å². The normalized spacial score (nSPS) is 15.7. The maximum atomic E-state index is 13.1. The first kappa shape index (κ1) is 23.2. The number of anilines is 2. The second-order valence-corrected chi connectivity index (χ2v) is 9.94. The van der Waals surface area contributed by atoms with Crippen molar-refractivity contribution in [2.24, 2.45) is 0 Å². The second kappa shape index (κ2) is 9.61. The Labute approximate surface area is 208 Å². The van der Waals surface area contributed by atoms with E-state index in [1.165, 1.54) is 0 Å². The van der Waals surface area contributed by atoms with Crippen LogP contribution in [0, 0.1) is 0 Å². The lowest BCUT2D eigenvalue weighted by Gasteiger charge is -2.34. The van der Waals surface area contributed by atoms with Crippen molar-refractivity contribution in [2.75, 3.05) is 36.4 Å². The minimum atomic E-state index is -0.0657. The molecule has 0 spiro atoms. The number of piperazine rings is 1. The number of carbonyl (C=O) groups excluding carboxylic acids is 2. The topological polar surface area (TPSA) is 94.6 Å². The highest BCUT2D eigenvalue weighted by Crippen LogP contribution is 2.31. The molecule has 1 aromatic carbocycles. The van der Waals surface area contributed by atoms with Crippen LogP contribution >= 0.6 is 11.3 Å². The van der Waals surface area contributed by atoms with Crippen LogP contribution in [0.2, 0.25) is 0 Å². The Bertz CT molecular complexity index is 1240. The average molecular weight is 492 g/mol. The summed E-state index contributed by atoms with van der Waals surface area (Å²) in [7, 11) is 0. The van der Waals surface area contributed by atoms with Crippen molar-refractivity contribution in [2.45, 2.75) is 39.9 Å². The number of thiazole rings is 1. The van der Waals surface area contributed by atoms with Gasteiger partial charge in [0.1, 0.15) is 16.5 Å². The van der Waals surface area contributed by atoms with Crippen molar-refractivity contribution in [3.63, 3.8) is 0 Å². The Morgan fingerprint density at radius 3 is 2.51 bits per heavy atom. The Morgan fingerprint density at radius 2 is 1.83 bits per heavy atom. The number of benzene rings is 1. The number of nitrogens with one attached hydrogen (secondary N) is 1. The van der Waals surface area contributed by atoms with Gasteiger partial charge < -0.3 is 20.0 Å². The smallest absolute Gasteiger partial charge is 0.273 e. The van der Waals surface area contributed by atoms with Gasteiger partial charge in [-0.1, -0.05) is 30.3 Å². The lowest BCUT2D eigenvalue weighted by Crippen LogP contribution is -2.48. The summed E-state index contributed by atoms with van der Waals surface area (Å²) in [5.74, 6) is 1.20. The van der Waals surface area contributed by atoms with Gasteiger partial charge in [0, 0.05) is 55.7 Å². The Balaban J connectivity index is 1.40. The number of nitrogens with zero attached hydrogens (tertiary/aromatic N) is 6. The van der Waals surface area contributed by atoms with Gasteiger partial charge in [-0.3, -0.25) is 9.59 Å². The summed E-state index contributed by atoms with van der Waals surface area (Å²) >= 11 is 1.61. The summed E-state index contributed by atoms with van der Waals surface area (Å²) in [5, 5.41) is 6.45. The zero-order chi connectivity index (χ0) is 24.5. The molecule has 9 nitrogen and oxygen atoms in total. The van der Waals surface area contributed by atoms with E-state index in [2.05, 4.69) is 22.4 Å². The van der Waals surface area contributed by atoms with Crippen LogP contribution in [0.3, 0.4) is 0 Å². The highest BCUT2D eigenvalue weighted by Gasteiger charge is 2.35. The van der Waals surface area contributed by atoms with Gasteiger partial charge in [-0.15, -0.1) is 11.3 Å². The number of rotatable bonds is 6. The van der Waals surface area contributed by atoms with Crippen LogP contribution in [0.5, 0.6) is 0 Å². The van der Waals surface area contributed by atoms with E-state index in [4.69, 9.17) is 9.97 Å². The first-order chi connectivity index (χ1) is 16.9. The van der Waals surface area contributed by atoms with Gasteiger partial charge in [0.05, 0.1) is 18.8 Å². The predicted molar refractivity (Wildman–Crippen MR) is 136 cm³/mol. The van der Waals surface area contributed by atoms with E-state index in [0.29, 0.717) is 56.7 Å². The van der Waals surface area contributed by atoms with Crippen LogP contribution < -0.4 is 10.2 Å². The monoisotopic (exact) mass is 491 g/mol. The van der Waals surface area contributed by atoms with Crippen LogP contribution in [0.1, 0.15) is 42.5 Å². The maximum Gasteiger partial charge on any atom is 0.273 e. The highest BCUT2D eigenvalue weighted by atomic mass is 32.1. The predicted octanol–water partition coefficient (Wildman–Crippen LogP) is 3.24. The lowest BCUT2D eigenvalue weighted by molar-refractivity contribution is -0.129. The molecule has 0 radical (unpaired) electrons. The molecule has 5 rings (SSSR count). The highest BCUT2D eigenvalue weighted by molar-refractivity contribution is 7.13. The van der Waals surface area contributed by atoms with Crippen molar-refractivity contribution in [3.8, 4) is 10.6 Å². The lowest BCUT2D eigenvalue weighted by atomic mass is 10.2. The summed E-state index contributed by atoms with van der Waals surface area (Å²) in [4.78, 5) is 44.8. The van der Waals surface area contributed by atoms with E-state index in [1.54, 1.807) is 18.3 Å². The van der Waals surface area contributed by atoms with Crippen LogP contribution in [0.15, 0.2) is 35.7 Å². The van der Waals surface area contributed by atoms with Gasteiger partial charge in [0.15, 0.2) is 0 Å². The molecular formula is C25H29N7O2S. The van der Waals surface area contributed by atoms with Crippen LogP contribution in [0.4, 0.5) is 11.8 Å². The molecule has 10 heteroatoms. The maximum absolute atomic E-state index is 13.1. The standard InChI is InChI=1S/C25H29N7O2S/c1-16(2)32-14-20-21(24(32)34)28-25(31-11-9-30(10-12-31)17(3)33)29-22(20)26-13-19-15-35-23(27-19)18-7-5-4-6-8-18/h4-8,15-16H,9-14H2,1-3H3,(H,26,28,29). The van der Waals surface area contributed by atoms with Crippen molar-refractivity contribution < 1.29 is 9.59 Å². The molecule has 0 bridgehead atoms. The molecule has 2 aliphatic heterocycles. The van der Waals surface area contributed by atoms with Crippen LogP contribution in [0.25, 0.3) is 10.6 Å². The molecule has 1 fully saturated rings. The van der Waals surface area contributed by atoms with E-state index in [1.807, 2.05) is 52.1 Å². The number of carbonyl (C=O) groups is 2. The summed E-state index contributed by atoms with van der Waals surface area (Å²) in [5.41, 5.74) is 3.30. The third-order valence-electron chi connectivity index (χ3n) is 6.43. The zero-order valence-corrected chi connectivity index (χ0v) is 21.0. The largest absolute Gasteiger partial charge is 0.364 e. The Morgan fingerprint density at radius 1 is 1.09 bits per heavy atom. The van der Waals surface area contributed by atoms with E-state index in [9.17, 15) is 9.59 Å². The number of hydrogen-bond donors (Lipinski definition) is 1. The summed E-state index contributed by atoms with van der Waals surface area (Å²) in [6.07, 6.45) is 0. The Kier molecular flexibility index (Phi) is 6.38. The molecule has 35 heavy (non-hydrogen) atoms. The van der Waals surface area contributed by atoms with Gasteiger partial charge in [0.2, 0.25) is 11.9 Å². The SMILES string of the molecule is CC(=O)N1CCN(c2nc(NCc3csc(-c4ccccc4)n3)c3c(n2)C(=O)N(C(C)C)C3)CC1. The molecular weight excluding hydrogens is 462 g/mol. The molecule has 0 unspecified atom stereocenters. The van der Waals surface area contributed by atoms with Crippen LogP contribution in [-0.2, 0) is 17.9 Å². The van der Waals surface area contributed by atoms with Crippen molar-refractivity contribution >= 4 is 34.9 Å². The van der Waals surface area contributed by atoms with E-state index in [0.717, 1.165) is 21.8 Å². The molecule has 1 N–H and O–H groups in total. The zero-order valence-electron chi connectivity index (χ0n) is 20.2. The summed E-state index contributed by atoms with van der Waals surface area (Å²) in [6.45, 7) is 9.08. The number of amides is 2. The van der Waals surface area contributed by atoms with E-state index < -0.39 is 0 Å². The van der Waals surface area contributed by atoms with Gasteiger partial charge in [-0.2, -0.15) is 4.98 Å². The minimum Gasteiger partial charge on any atom is -0.364 e. The fourth-order valence-electron chi connectivity index (χ4n) is 4.38. The fraction of sp³-hybridized carbons (Fsp3) is 0.400. The van der Waals surface area contributed by atoms with Crippen LogP contribution in [-0.4, -0.2) is 68.8 Å². The van der Waals surface area contributed by atoms with Crippen molar-refractivity contribution in [1.29, 1.82) is 0 Å². The molecule has 2 aromatic heterocycles. The quantitative estimate of drug-likeness (QED) is 0.566. The van der Waals surface area contributed by atoms with Gasteiger partial charge >= 0.3 is 0 Å². The molecule has 0 aliphatic carbocycles. The molecule has 2 aliphatic rings. The third kappa shape index (κ3) is 4.70. The Hall–Kier alpha value is -3.53. The third-order valence-corrected chi connectivity index (χ3v) is 7.37. The number of aromatic nitrogens is 3. The number of hydrogen-bond acceptors (Lipinski definition) is 8. The summed E-state index contributed by atoms with van der Waals surface area (Å²) < 4.78 is 0. The van der Waals surface area contributed by atoms with E-state index >= 15 is 0 Å². The molecule has 4 heterocycles. The molecule has 1 saturated heterocycles. The van der Waals surface area contributed by atoms with E-state index in [-0.39, 0.29) is 17.9 Å². The van der Waals surface area contributed by atoms with Crippen molar-refractivity contribution in [3.05, 3.63) is 52.7 Å². The van der Waals surface area contributed by atoms with Gasteiger partial charge in [-0.05, 0) is 13.8 Å². The molecule has 182 valence electrons. The average Bonchev–Trinajstić information content (AvgIpc) is 3.48. The fourth-order valence-corrected chi connectivity index (χ4v) is 5.20. The second-order valence-electron chi connectivity index (χ2n) is 9.08. The first-order valence-corrected chi connectivity index (χ1v) is 12.7.